The van der Waals surface area contributed by atoms with Crippen LogP contribution in [0.2, 0.25) is 0 Å². The standard InChI is InChI=1S/C26H34F3N7O3/c1-5-16(6-2)36-14-26(28,29)24(38)35(3)20-13-31-25(34-22(20)36)33-19-12-18(27)17(11-21(19)39-4)23(37)32-15-7-9-30-10-8-15/h11-13,15-16,30H,5-10,14H2,1-4H3,(H,32,37)(H,31,33,34). The van der Waals surface area contributed by atoms with Gasteiger partial charge in [0.2, 0.25) is 5.95 Å². The normalized spacial score (nSPS) is 17.6. The first-order valence-electron chi connectivity index (χ1n) is 13.0. The summed E-state index contributed by atoms with van der Waals surface area (Å²) in [6.07, 6.45) is 3.89. The van der Waals surface area contributed by atoms with Crippen LogP contribution in [-0.2, 0) is 4.79 Å². The molecule has 4 rings (SSSR count). The van der Waals surface area contributed by atoms with E-state index >= 15 is 4.39 Å². The second-order valence-corrected chi connectivity index (χ2v) is 9.72. The summed E-state index contributed by atoms with van der Waals surface area (Å²) >= 11 is 0. The molecule has 2 aliphatic rings. The minimum Gasteiger partial charge on any atom is -0.495 e. The number of hydrogen-bond acceptors (Lipinski definition) is 8. The molecule has 1 aromatic heterocycles. The largest absolute Gasteiger partial charge is 0.495 e. The van der Waals surface area contributed by atoms with Crippen molar-refractivity contribution in [3.63, 3.8) is 0 Å². The maximum atomic E-state index is 15.1. The van der Waals surface area contributed by atoms with E-state index in [4.69, 9.17) is 4.74 Å². The fourth-order valence-corrected chi connectivity index (χ4v) is 4.96. The Morgan fingerprint density at radius 3 is 2.59 bits per heavy atom. The van der Waals surface area contributed by atoms with E-state index in [2.05, 4.69) is 25.9 Å². The van der Waals surface area contributed by atoms with Gasteiger partial charge in [-0.1, -0.05) is 13.8 Å². The summed E-state index contributed by atoms with van der Waals surface area (Å²) in [5.41, 5.74) is 0.115. The number of carbonyl (C=O) groups is 2. The summed E-state index contributed by atoms with van der Waals surface area (Å²) < 4.78 is 50.1. The number of piperidine rings is 1. The SMILES string of the molecule is CCC(CC)N1CC(F)(F)C(=O)N(C)c2cnc(Nc3cc(F)c(C(=O)NC4CCNCC4)cc3OC)nc21. The average molecular weight is 550 g/mol. The number of halogens is 3. The van der Waals surface area contributed by atoms with Crippen molar-refractivity contribution in [1.29, 1.82) is 0 Å². The van der Waals surface area contributed by atoms with Crippen LogP contribution in [-0.4, -0.2) is 73.6 Å². The zero-order valence-corrected chi connectivity index (χ0v) is 22.5. The van der Waals surface area contributed by atoms with Gasteiger partial charge in [0.15, 0.2) is 5.82 Å². The molecule has 0 unspecified atom stereocenters. The summed E-state index contributed by atoms with van der Waals surface area (Å²) in [6.45, 7) is 4.47. The number of aromatic nitrogens is 2. The lowest BCUT2D eigenvalue weighted by Crippen LogP contribution is -2.48. The molecule has 0 bridgehead atoms. The van der Waals surface area contributed by atoms with Gasteiger partial charge in [0.05, 0.1) is 31.1 Å². The summed E-state index contributed by atoms with van der Waals surface area (Å²) in [6, 6.07) is 2.04. The predicted octanol–water partition coefficient (Wildman–Crippen LogP) is 3.46. The molecule has 1 fully saturated rings. The number of amides is 2. The molecule has 2 aliphatic heterocycles. The van der Waals surface area contributed by atoms with Crippen LogP contribution in [0.3, 0.4) is 0 Å². The number of benzene rings is 1. The number of carbonyl (C=O) groups excluding carboxylic acids is 2. The van der Waals surface area contributed by atoms with Crippen LogP contribution in [0.25, 0.3) is 0 Å². The van der Waals surface area contributed by atoms with Gasteiger partial charge >= 0.3 is 5.92 Å². The molecule has 1 aromatic carbocycles. The minimum atomic E-state index is -3.62. The average Bonchev–Trinajstić information content (AvgIpc) is 2.99. The molecule has 3 heterocycles. The Hall–Kier alpha value is -3.61. The molecule has 39 heavy (non-hydrogen) atoms. The summed E-state index contributed by atoms with van der Waals surface area (Å²) in [5.74, 6) is -5.97. The highest BCUT2D eigenvalue weighted by molar-refractivity contribution is 6.02. The quantitative estimate of drug-likeness (QED) is 0.459. The fraction of sp³-hybridized carbons (Fsp3) is 0.538. The maximum Gasteiger partial charge on any atom is 0.342 e. The molecule has 0 aliphatic carbocycles. The number of nitrogens with one attached hydrogen (secondary N) is 3. The third-order valence-corrected chi connectivity index (χ3v) is 7.21. The van der Waals surface area contributed by atoms with E-state index in [0.717, 1.165) is 36.9 Å². The molecule has 0 atom stereocenters. The number of hydrogen-bond donors (Lipinski definition) is 3. The van der Waals surface area contributed by atoms with Gasteiger partial charge < -0.3 is 30.5 Å². The van der Waals surface area contributed by atoms with Crippen molar-refractivity contribution in [3.8, 4) is 5.75 Å². The van der Waals surface area contributed by atoms with Crippen LogP contribution < -0.4 is 30.5 Å². The summed E-state index contributed by atoms with van der Waals surface area (Å²) in [4.78, 5) is 36.2. The van der Waals surface area contributed by atoms with Crippen molar-refractivity contribution in [2.45, 2.75) is 57.5 Å². The Morgan fingerprint density at radius 1 is 1.26 bits per heavy atom. The third-order valence-electron chi connectivity index (χ3n) is 7.21. The number of alkyl halides is 2. The number of fused-ring (bicyclic) bond motifs is 1. The second-order valence-electron chi connectivity index (χ2n) is 9.72. The Kier molecular flexibility index (Phi) is 8.48. The summed E-state index contributed by atoms with van der Waals surface area (Å²) in [5, 5.41) is 8.95. The molecule has 2 amide bonds. The van der Waals surface area contributed by atoms with E-state index in [9.17, 15) is 18.4 Å². The lowest BCUT2D eigenvalue weighted by molar-refractivity contribution is -0.140. The molecule has 10 nitrogen and oxygen atoms in total. The van der Waals surface area contributed by atoms with Gasteiger partial charge in [-0.25, -0.2) is 9.37 Å². The lowest BCUT2D eigenvalue weighted by Gasteiger charge is -2.32. The van der Waals surface area contributed by atoms with Gasteiger partial charge in [-0.15, -0.1) is 0 Å². The first kappa shape index (κ1) is 28.4. The van der Waals surface area contributed by atoms with Crippen LogP contribution in [0.15, 0.2) is 18.3 Å². The highest BCUT2D eigenvalue weighted by Crippen LogP contribution is 2.38. The Balaban J connectivity index is 1.66. The van der Waals surface area contributed by atoms with E-state index < -0.39 is 30.1 Å². The molecular weight excluding hydrogens is 515 g/mol. The Bertz CT molecular complexity index is 1220. The van der Waals surface area contributed by atoms with Crippen molar-refractivity contribution in [1.82, 2.24) is 20.6 Å². The van der Waals surface area contributed by atoms with E-state index in [1.807, 2.05) is 13.8 Å². The molecule has 13 heteroatoms. The first-order chi connectivity index (χ1) is 18.6. The highest BCUT2D eigenvalue weighted by atomic mass is 19.3. The van der Waals surface area contributed by atoms with E-state index in [1.165, 1.54) is 31.3 Å². The topological polar surface area (TPSA) is 112 Å². The van der Waals surface area contributed by atoms with Crippen molar-refractivity contribution in [2.75, 3.05) is 48.9 Å². The lowest BCUT2D eigenvalue weighted by atomic mass is 10.1. The zero-order valence-electron chi connectivity index (χ0n) is 22.5. The molecule has 0 radical (unpaired) electrons. The number of methoxy groups -OCH3 is 1. The van der Waals surface area contributed by atoms with Crippen LogP contribution in [0.5, 0.6) is 5.75 Å². The van der Waals surface area contributed by atoms with Crippen molar-refractivity contribution in [3.05, 3.63) is 29.7 Å². The monoisotopic (exact) mass is 549 g/mol. The van der Waals surface area contributed by atoms with E-state index in [0.29, 0.717) is 12.8 Å². The van der Waals surface area contributed by atoms with Gasteiger partial charge in [0.1, 0.15) is 17.3 Å². The maximum absolute atomic E-state index is 15.1. The second kappa shape index (κ2) is 11.6. The van der Waals surface area contributed by atoms with Gasteiger partial charge in [0.25, 0.3) is 11.8 Å². The van der Waals surface area contributed by atoms with Gasteiger partial charge in [-0.3, -0.25) is 9.59 Å². The number of anilines is 4. The van der Waals surface area contributed by atoms with Crippen LogP contribution >= 0.6 is 0 Å². The van der Waals surface area contributed by atoms with Gasteiger partial charge in [-0.05, 0) is 44.8 Å². The molecular formula is C26H34F3N7O3. The molecule has 212 valence electrons. The van der Waals surface area contributed by atoms with E-state index in [-0.39, 0.29) is 46.5 Å². The Morgan fingerprint density at radius 2 is 1.95 bits per heavy atom. The molecule has 0 saturated carbocycles. The van der Waals surface area contributed by atoms with E-state index in [1.54, 1.807) is 0 Å². The molecule has 1 saturated heterocycles. The number of rotatable bonds is 8. The number of ether oxygens (including phenoxy) is 1. The molecule has 3 N–H and O–H groups in total. The van der Waals surface area contributed by atoms with Crippen molar-refractivity contribution < 1.29 is 27.5 Å². The fourth-order valence-electron chi connectivity index (χ4n) is 4.96. The molecule has 0 spiro atoms. The predicted molar refractivity (Wildman–Crippen MR) is 142 cm³/mol. The van der Waals surface area contributed by atoms with Crippen molar-refractivity contribution >= 4 is 35.0 Å². The summed E-state index contributed by atoms with van der Waals surface area (Å²) in [7, 11) is 2.64. The van der Waals surface area contributed by atoms with Crippen LogP contribution in [0, 0.1) is 5.82 Å². The van der Waals surface area contributed by atoms with Crippen molar-refractivity contribution in [2.24, 2.45) is 0 Å². The van der Waals surface area contributed by atoms with Gasteiger partial charge in [-0.2, -0.15) is 13.8 Å². The zero-order chi connectivity index (χ0) is 28.3. The van der Waals surface area contributed by atoms with Crippen LogP contribution in [0.4, 0.5) is 36.3 Å². The highest BCUT2D eigenvalue weighted by Gasteiger charge is 2.48. The third kappa shape index (κ3) is 5.87. The minimum absolute atomic E-state index is 0.0135. The van der Waals surface area contributed by atoms with Gasteiger partial charge in [0, 0.05) is 25.2 Å². The smallest absolute Gasteiger partial charge is 0.342 e. The first-order valence-corrected chi connectivity index (χ1v) is 13.0. The molecule has 2 aromatic rings. The van der Waals surface area contributed by atoms with Crippen LogP contribution in [0.1, 0.15) is 49.9 Å². The Labute approximate surface area is 225 Å². The number of nitrogens with zero attached hydrogens (tertiary/aromatic N) is 4.